The molecule has 2 heterocycles. The summed E-state index contributed by atoms with van der Waals surface area (Å²) in [5.41, 5.74) is 10.4. The second-order valence-electron chi connectivity index (χ2n) is 5.72. The van der Waals surface area contributed by atoms with E-state index >= 15 is 0 Å². The largest absolute Gasteiger partial charge is 0.382 e. The number of hydrogen-bond donors (Lipinski definition) is 1. The van der Waals surface area contributed by atoms with Crippen molar-refractivity contribution in [3.8, 4) is 0 Å². The zero-order valence-electron chi connectivity index (χ0n) is 14.6. The van der Waals surface area contributed by atoms with Crippen LogP contribution in [-0.4, -0.2) is 14.8 Å². The van der Waals surface area contributed by atoms with Crippen LogP contribution >= 0.6 is 11.6 Å². The summed E-state index contributed by atoms with van der Waals surface area (Å²) in [6, 6.07) is 14.5. The number of fused-ring (bicyclic) bond motifs is 2. The van der Waals surface area contributed by atoms with Gasteiger partial charge in [-0.3, -0.25) is 9.67 Å². The minimum Gasteiger partial charge on any atom is -0.382 e. The first-order valence-electron chi connectivity index (χ1n) is 8.35. The Morgan fingerprint density at radius 1 is 1.04 bits per heavy atom. The van der Waals surface area contributed by atoms with Crippen LogP contribution < -0.4 is 5.73 Å². The van der Waals surface area contributed by atoms with Gasteiger partial charge >= 0.3 is 0 Å². The van der Waals surface area contributed by atoms with E-state index in [0.717, 1.165) is 28.2 Å². The molecule has 0 saturated carbocycles. The zero-order valence-corrected chi connectivity index (χ0v) is 15.4. The number of benzene rings is 2. The van der Waals surface area contributed by atoms with Gasteiger partial charge in [-0.15, -0.1) is 0 Å². The van der Waals surface area contributed by atoms with Gasteiger partial charge in [-0.2, -0.15) is 5.10 Å². The maximum atomic E-state index is 6.03. The third kappa shape index (κ3) is 3.44. The first-order valence-corrected chi connectivity index (χ1v) is 8.73. The second kappa shape index (κ2) is 7.11. The third-order valence-electron chi connectivity index (χ3n) is 4.06. The molecule has 0 aliphatic carbocycles. The molecule has 2 aromatic heterocycles. The van der Waals surface area contributed by atoms with Crippen LogP contribution in [0.25, 0.3) is 21.8 Å². The smallest absolute Gasteiger partial charge is 0.153 e. The quantitative estimate of drug-likeness (QED) is 0.553. The highest BCUT2D eigenvalue weighted by Crippen LogP contribution is 2.24. The number of anilines is 1. The molecule has 4 nitrogen and oxygen atoms in total. The topological polar surface area (TPSA) is 56.7 Å². The van der Waals surface area contributed by atoms with Gasteiger partial charge in [0.2, 0.25) is 0 Å². The molecule has 0 spiro atoms. The summed E-state index contributed by atoms with van der Waals surface area (Å²) in [6.45, 7) is 4.00. The normalized spacial score (nSPS) is 10.7. The maximum absolute atomic E-state index is 6.03. The van der Waals surface area contributed by atoms with Crippen molar-refractivity contribution in [2.75, 3.05) is 5.73 Å². The summed E-state index contributed by atoms with van der Waals surface area (Å²) < 4.78 is 1.80. The van der Waals surface area contributed by atoms with Gasteiger partial charge in [0.15, 0.2) is 5.82 Å². The Balaban J connectivity index is 0.000000880. The van der Waals surface area contributed by atoms with Crippen LogP contribution in [0.4, 0.5) is 5.82 Å². The summed E-state index contributed by atoms with van der Waals surface area (Å²) in [5, 5.41) is 6.96. The predicted molar refractivity (Wildman–Crippen MR) is 106 cm³/mol. The number of nitrogen functional groups attached to an aromatic ring is 1. The fourth-order valence-corrected chi connectivity index (χ4v) is 3.12. The average Bonchev–Trinajstić information content (AvgIpc) is 2.90. The molecule has 0 bridgehead atoms. The first kappa shape index (κ1) is 17.2. The summed E-state index contributed by atoms with van der Waals surface area (Å²) >= 11 is 6.03. The van der Waals surface area contributed by atoms with Crippen molar-refractivity contribution in [1.29, 1.82) is 0 Å². The lowest BCUT2D eigenvalue weighted by atomic mass is 10.0. The molecule has 0 unspecified atom stereocenters. The summed E-state index contributed by atoms with van der Waals surface area (Å²) in [4.78, 5) is 4.32. The standard InChI is InChI=1S/C18H15ClN4.C2H6/c1-23-17-5-3-12(8-15(17)18(20)22-23)6-11-2-4-16-13(7-11)9-14(19)10-21-16;1-2/h2-5,7-10H,6H2,1H3,(H2,20,22);1-2H3. The van der Waals surface area contributed by atoms with E-state index in [9.17, 15) is 0 Å². The molecule has 0 aliphatic heterocycles. The number of nitrogens with two attached hydrogens (primary N) is 1. The minimum absolute atomic E-state index is 0.568. The van der Waals surface area contributed by atoms with E-state index in [1.807, 2.05) is 33.0 Å². The highest BCUT2D eigenvalue weighted by molar-refractivity contribution is 6.31. The Hall–Kier alpha value is -2.59. The van der Waals surface area contributed by atoms with Gasteiger partial charge in [-0.05, 0) is 47.9 Å². The number of aromatic nitrogens is 3. The Kier molecular flexibility index (Phi) is 4.91. The lowest BCUT2D eigenvalue weighted by molar-refractivity contribution is 0.802. The highest BCUT2D eigenvalue weighted by atomic mass is 35.5. The van der Waals surface area contributed by atoms with E-state index in [4.69, 9.17) is 17.3 Å². The van der Waals surface area contributed by atoms with E-state index in [0.29, 0.717) is 10.8 Å². The van der Waals surface area contributed by atoms with E-state index in [1.165, 1.54) is 11.1 Å². The van der Waals surface area contributed by atoms with Gasteiger partial charge in [-0.25, -0.2) is 0 Å². The van der Waals surface area contributed by atoms with Gasteiger partial charge in [0, 0.05) is 24.0 Å². The average molecular weight is 353 g/mol. The summed E-state index contributed by atoms with van der Waals surface area (Å²) in [5.74, 6) is 0.568. The van der Waals surface area contributed by atoms with Crippen molar-refractivity contribution in [2.24, 2.45) is 7.05 Å². The van der Waals surface area contributed by atoms with Crippen LogP contribution in [0.15, 0.2) is 48.7 Å². The van der Waals surface area contributed by atoms with Crippen LogP contribution in [0, 0.1) is 0 Å². The van der Waals surface area contributed by atoms with Crippen molar-refractivity contribution in [2.45, 2.75) is 20.3 Å². The highest BCUT2D eigenvalue weighted by Gasteiger charge is 2.07. The van der Waals surface area contributed by atoms with Crippen molar-refractivity contribution in [3.63, 3.8) is 0 Å². The molecule has 2 N–H and O–H groups in total. The Morgan fingerprint density at radius 2 is 1.76 bits per heavy atom. The van der Waals surface area contributed by atoms with Gasteiger partial charge in [0.1, 0.15) is 0 Å². The molecule has 0 fully saturated rings. The van der Waals surface area contributed by atoms with E-state index in [1.54, 1.807) is 10.9 Å². The van der Waals surface area contributed by atoms with Crippen LogP contribution in [0.5, 0.6) is 0 Å². The fourth-order valence-electron chi connectivity index (χ4n) is 2.95. The Morgan fingerprint density at radius 3 is 2.56 bits per heavy atom. The maximum Gasteiger partial charge on any atom is 0.153 e. The molecule has 128 valence electrons. The number of rotatable bonds is 2. The summed E-state index contributed by atoms with van der Waals surface area (Å²) in [6.07, 6.45) is 2.50. The molecule has 25 heavy (non-hydrogen) atoms. The molecule has 0 amide bonds. The lowest BCUT2D eigenvalue weighted by Gasteiger charge is -2.05. The van der Waals surface area contributed by atoms with Gasteiger partial charge in [0.25, 0.3) is 0 Å². The van der Waals surface area contributed by atoms with Crippen molar-refractivity contribution >= 4 is 39.2 Å². The van der Waals surface area contributed by atoms with E-state index in [-0.39, 0.29) is 0 Å². The molecule has 0 saturated heterocycles. The first-order chi connectivity index (χ1) is 12.1. The number of nitrogens with zero attached hydrogens (tertiary/aromatic N) is 3. The SMILES string of the molecule is CC.Cn1nc(N)c2cc(Cc3ccc4ncc(Cl)cc4c3)ccc21. The second-order valence-corrected chi connectivity index (χ2v) is 6.15. The monoisotopic (exact) mass is 352 g/mol. The molecule has 0 atom stereocenters. The molecule has 0 aliphatic rings. The van der Waals surface area contributed by atoms with E-state index in [2.05, 4.69) is 40.4 Å². The minimum atomic E-state index is 0.568. The molecule has 0 radical (unpaired) electrons. The van der Waals surface area contributed by atoms with Gasteiger partial charge in [0.05, 0.1) is 16.1 Å². The Labute approximate surface area is 152 Å². The number of pyridine rings is 1. The van der Waals surface area contributed by atoms with Gasteiger partial charge in [-0.1, -0.05) is 37.6 Å². The molecule has 2 aromatic carbocycles. The Bertz CT molecular complexity index is 1040. The summed E-state index contributed by atoms with van der Waals surface area (Å²) in [7, 11) is 1.90. The van der Waals surface area contributed by atoms with E-state index < -0.39 is 0 Å². The molecule has 5 heteroatoms. The lowest BCUT2D eigenvalue weighted by Crippen LogP contribution is -1.91. The number of aryl methyl sites for hydroxylation is 1. The fraction of sp³-hybridized carbons (Fsp3) is 0.200. The number of halogens is 1. The zero-order chi connectivity index (χ0) is 18.0. The van der Waals surface area contributed by atoms with Gasteiger partial charge < -0.3 is 5.73 Å². The molecule has 4 aromatic rings. The van der Waals surface area contributed by atoms with Crippen molar-refractivity contribution in [3.05, 3.63) is 64.8 Å². The van der Waals surface area contributed by atoms with Crippen LogP contribution in [0.3, 0.4) is 0 Å². The molecule has 4 rings (SSSR count). The molecular formula is C20H21ClN4. The predicted octanol–water partition coefficient (Wildman–Crippen LogP) is 4.97. The van der Waals surface area contributed by atoms with Crippen LogP contribution in [0.1, 0.15) is 25.0 Å². The third-order valence-corrected chi connectivity index (χ3v) is 4.27. The number of hydrogen-bond acceptors (Lipinski definition) is 3. The van der Waals surface area contributed by atoms with Crippen molar-refractivity contribution in [1.82, 2.24) is 14.8 Å². The molecular weight excluding hydrogens is 332 g/mol. The van der Waals surface area contributed by atoms with Crippen LogP contribution in [0.2, 0.25) is 5.02 Å². The van der Waals surface area contributed by atoms with Crippen LogP contribution in [-0.2, 0) is 13.5 Å². The van der Waals surface area contributed by atoms with Crippen molar-refractivity contribution < 1.29 is 0 Å².